The number of aliphatic hydroxyl groups excluding tert-OH is 1. The quantitative estimate of drug-likeness (QED) is 0.182. The average Bonchev–Trinajstić information content (AvgIpc) is 3.73. The number of aliphatic hydroxyl groups is 1. The highest BCUT2D eigenvalue weighted by atomic mass is 16.7. The van der Waals surface area contributed by atoms with Gasteiger partial charge in [0.2, 0.25) is 5.91 Å². The number of nitrogens with zero attached hydrogens (tertiary/aromatic N) is 4. The third-order valence-electron chi connectivity index (χ3n) is 13.8. The zero-order valence-corrected chi connectivity index (χ0v) is 35.2. The number of ether oxygens (including phenoxy) is 1. The van der Waals surface area contributed by atoms with Crippen molar-refractivity contribution in [1.82, 2.24) is 25.6 Å². The van der Waals surface area contributed by atoms with E-state index in [1.54, 1.807) is 25.3 Å². The van der Waals surface area contributed by atoms with Crippen molar-refractivity contribution in [2.24, 2.45) is 34.8 Å². The fourth-order valence-corrected chi connectivity index (χ4v) is 10.5. The summed E-state index contributed by atoms with van der Waals surface area (Å²) in [5, 5.41) is 19.6. The van der Waals surface area contributed by atoms with E-state index in [9.17, 15) is 14.7 Å². The van der Waals surface area contributed by atoms with Crippen LogP contribution in [0.3, 0.4) is 0 Å². The molecular formula is C45H63N7O5. The molecule has 4 aliphatic carbocycles. The van der Waals surface area contributed by atoms with Gasteiger partial charge in [0.25, 0.3) is 5.91 Å². The third-order valence-corrected chi connectivity index (χ3v) is 13.8. The van der Waals surface area contributed by atoms with Gasteiger partial charge in [0.1, 0.15) is 11.8 Å². The van der Waals surface area contributed by atoms with E-state index in [0.717, 1.165) is 40.9 Å². The first kappa shape index (κ1) is 41.1. The van der Waals surface area contributed by atoms with Gasteiger partial charge < -0.3 is 36.0 Å². The summed E-state index contributed by atoms with van der Waals surface area (Å²) in [4.78, 5) is 43.7. The molecule has 10 atom stereocenters. The Balaban J connectivity index is 1.17. The van der Waals surface area contributed by atoms with Crippen LogP contribution in [0.25, 0.3) is 11.1 Å². The minimum absolute atomic E-state index is 0.0644. The second-order valence-corrected chi connectivity index (χ2v) is 18.3. The number of carbonyl (C=O) groups excluding carboxylic acids is 2. The molecule has 1 aromatic heterocycles. The molecule has 2 heterocycles. The van der Waals surface area contributed by atoms with Crippen molar-refractivity contribution in [3.63, 3.8) is 0 Å². The lowest BCUT2D eigenvalue weighted by atomic mass is 9.45. The minimum Gasteiger partial charge on any atom is -0.496 e. The maximum absolute atomic E-state index is 14.4. The minimum atomic E-state index is -0.825. The molecule has 12 nitrogen and oxygen atoms in total. The number of aromatic nitrogens is 1. The molecule has 3 aromatic rings. The van der Waals surface area contributed by atoms with Crippen LogP contribution in [0.2, 0.25) is 0 Å². The summed E-state index contributed by atoms with van der Waals surface area (Å²) in [7, 11) is 9.60. The first-order valence-corrected chi connectivity index (χ1v) is 20.6. The number of hydrogen-bond acceptors (Lipinski definition) is 10. The summed E-state index contributed by atoms with van der Waals surface area (Å²) < 4.78 is 6.15. The molecule has 2 bridgehead atoms. The summed E-state index contributed by atoms with van der Waals surface area (Å²) in [6, 6.07) is 17.0. The number of hydroxylamine groups is 2. The fraction of sp³-hybridized carbons (Fsp3) is 0.578. The van der Waals surface area contributed by atoms with Gasteiger partial charge in [-0.25, -0.2) is 0 Å². The number of fused-ring (bicyclic) bond motifs is 2. The second kappa shape index (κ2) is 15.9. The van der Waals surface area contributed by atoms with Crippen LogP contribution in [-0.2, 0) is 16.2 Å². The monoisotopic (exact) mass is 781 g/mol. The molecule has 308 valence electrons. The number of nitrogens with two attached hydrogens (primary N) is 1. The van der Waals surface area contributed by atoms with Crippen LogP contribution >= 0.6 is 0 Å². The van der Waals surface area contributed by atoms with Crippen LogP contribution in [0.15, 0.2) is 60.8 Å². The van der Waals surface area contributed by atoms with Gasteiger partial charge in [-0.3, -0.25) is 19.4 Å². The largest absolute Gasteiger partial charge is 0.496 e. The van der Waals surface area contributed by atoms with Gasteiger partial charge >= 0.3 is 0 Å². The van der Waals surface area contributed by atoms with E-state index < -0.39 is 29.7 Å². The SMILES string of the molecule is COc1c(CN2O[C@@H](CN)[C@@H]([C@H](C)O)[C@H]2C(=O)N[C@H]2C[C@H]3C[C@@H]([C@@H]2C)C3(C)C)cccc1-c1cc(C(=O)N[C@]2(CN(C)C)C[C@H]2c2ccccn2)cc(N(C)C)c1. The van der Waals surface area contributed by atoms with Crippen LogP contribution in [0.4, 0.5) is 5.69 Å². The number of hydrogen-bond donors (Lipinski definition) is 4. The smallest absolute Gasteiger partial charge is 0.251 e. The molecule has 8 rings (SSSR count). The Morgan fingerprint density at radius 3 is 2.49 bits per heavy atom. The molecule has 0 radical (unpaired) electrons. The Kier molecular flexibility index (Phi) is 11.5. The number of rotatable bonds is 14. The first-order chi connectivity index (χ1) is 27.1. The Morgan fingerprint density at radius 2 is 1.88 bits per heavy atom. The number of nitrogens with one attached hydrogen (secondary N) is 2. The first-order valence-electron chi connectivity index (χ1n) is 20.6. The van der Waals surface area contributed by atoms with Crippen molar-refractivity contribution in [3.05, 3.63) is 77.6 Å². The van der Waals surface area contributed by atoms with E-state index in [-0.39, 0.29) is 36.9 Å². The number of methoxy groups -OCH3 is 1. The predicted octanol–water partition coefficient (Wildman–Crippen LogP) is 4.67. The number of likely N-dealkylation sites (N-methyl/N-ethyl adjacent to an activating group) is 1. The summed E-state index contributed by atoms with van der Waals surface area (Å²) in [5.41, 5.74) is 10.9. The van der Waals surface area contributed by atoms with E-state index in [2.05, 4.69) is 47.4 Å². The number of para-hydroxylation sites is 1. The highest BCUT2D eigenvalue weighted by molar-refractivity contribution is 5.98. The molecule has 4 saturated carbocycles. The molecule has 2 amide bonds. The normalized spacial score (nSPS) is 30.7. The topological polar surface area (TPSA) is 146 Å². The van der Waals surface area contributed by atoms with Gasteiger partial charge in [-0.05, 0) is 99.3 Å². The molecule has 5 N–H and O–H groups in total. The average molecular weight is 782 g/mol. The molecule has 12 heteroatoms. The highest BCUT2D eigenvalue weighted by Crippen LogP contribution is 2.61. The molecule has 0 unspecified atom stereocenters. The van der Waals surface area contributed by atoms with Gasteiger partial charge in [-0.2, -0.15) is 5.06 Å². The molecule has 5 aliphatic rings. The molecule has 0 spiro atoms. The predicted molar refractivity (Wildman–Crippen MR) is 223 cm³/mol. The maximum atomic E-state index is 14.4. The van der Waals surface area contributed by atoms with Crippen molar-refractivity contribution in [2.75, 3.05) is 53.3 Å². The molecule has 57 heavy (non-hydrogen) atoms. The number of pyridine rings is 1. The van der Waals surface area contributed by atoms with Crippen LogP contribution in [-0.4, -0.2) is 110 Å². The Labute approximate surface area is 338 Å². The lowest BCUT2D eigenvalue weighted by molar-refractivity contribution is -0.175. The summed E-state index contributed by atoms with van der Waals surface area (Å²) in [6.45, 7) is 9.73. The number of anilines is 1. The van der Waals surface area contributed by atoms with Gasteiger partial charge in [-0.1, -0.05) is 45.0 Å². The van der Waals surface area contributed by atoms with Crippen molar-refractivity contribution < 1.29 is 24.3 Å². The van der Waals surface area contributed by atoms with Crippen molar-refractivity contribution in [1.29, 1.82) is 0 Å². The molecule has 5 fully saturated rings. The highest BCUT2D eigenvalue weighted by Gasteiger charge is 2.58. The summed E-state index contributed by atoms with van der Waals surface area (Å²) in [6.07, 6.45) is 3.41. The van der Waals surface area contributed by atoms with Crippen LogP contribution in [0.5, 0.6) is 5.75 Å². The third kappa shape index (κ3) is 7.79. The van der Waals surface area contributed by atoms with E-state index in [1.807, 2.05) is 81.6 Å². The zero-order chi connectivity index (χ0) is 41.0. The van der Waals surface area contributed by atoms with Crippen molar-refractivity contribution in [2.45, 2.75) is 89.3 Å². The molecular weight excluding hydrogens is 719 g/mol. The Morgan fingerprint density at radius 1 is 1.11 bits per heavy atom. The zero-order valence-electron chi connectivity index (χ0n) is 35.2. The second-order valence-electron chi connectivity index (χ2n) is 18.3. The van der Waals surface area contributed by atoms with Gasteiger partial charge in [0.05, 0.1) is 31.4 Å². The Bertz CT molecular complexity index is 1940. The van der Waals surface area contributed by atoms with Crippen LogP contribution in [0, 0.1) is 29.1 Å². The fourth-order valence-electron chi connectivity index (χ4n) is 10.5. The summed E-state index contributed by atoms with van der Waals surface area (Å²) >= 11 is 0. The van der Waals surface area contributed by atoms with Gasteiger partial charge in [0, 0.05) is 79.3 Å². The molecule has 1 saturated heterocycles. The van der Waals surface area contributed by atoms with Crippen molar-refractivity contribution >= 4 is 17.5 Å². The lowest BCUT2D eigenvalue weighted by Crippen LogP contribution is -2.62. The van der Waals surface area contributed by atoms with E-state index in [4.69, 9.17) is 15.3 Å². The van der Waals surface area contributed by atoms with E-state index in [0.29, 0.717) is 41.0 Å². The van der Waals surface area contributed by atoms with E-state index >= 15 is 0 Å². The van der Waals surface area contributed by atoms with Gasteiger partial charge in [-0.15, -0.1) is 0 Å². The van der Waals surface area contributed by atoms with Gasteiger partial charge in [0.15, 0.2) is 0 Å². The summed E-state index contributed by atoms with van der Waals surface area (Å²) in [5.74, 6) is 1.42. The molecule has 2 aromatic carbocycles. The van der Waals surface area contributed by atoms with E-state index in [1.165, 1.54) is 6.42 Å². The standard InChI is InChI=1S/C45H63N7O5/c1-26-34-20-31(44(34,3)4)21-37(26)48-43(55)40-39(27(2)53)38(23-46)57-52(40)24-28-13-12-14-33(41(28)56-9)29-17-30(19-32(18-29)51(7)8)42(54)49-45(25-50(5)6)22-35(45)36-15-10-11-16-47-36/h10-19,26-27,31,34-35,37-40,53H,20-25,46H2,1-9H3,(H,48,55)(H,49,54)/t26-,27-,31+,34-,35-,37-,38-,39+,40-,45-/m0/s1. The number of amides is 2. The van der Waals surface area contributed by atoms with Crippen LogP contribution < -0.4 is 26.0 Å². The number of benzene rings is 2. The molecule has 1 aliphatic heterocycles. The Hall–Kier alpha value is -4.07. The number of carbonyl (C=O) groups is 2. The van der Waals surface area contributed by atoms with Crippen molar-refractivity contribution in [3.8, 4) is 16.9 Å². The maximum Gasteiger partial charge on any atom is 0.251 e. The lowest BCUT2D eigenvalue weighted by Gasteiger charge is -2.62. The van der Waals surface area contributed by atoms with Crippen LogP contribution in [0.1, 0.15) is 74.5 Å².